The topological polar surface area (TPSA) is 174 Å². The van der Waals surface area contributed by atoms with Crippen molar-refractivity contribution in [1.29, 1.82) is 0 Å². The molecule has 3 aliphatic rings. The number of rotatable bonds is 14. The van der Waals surface area contributed by atoms with Crippen LogP contribution in [0.15, 0.2) is 12.7 Å². The van der Waals surface area contributed by atoms with Gasteiger partial charge in [0.05, 0.1) is 12.1 Å². The summed E-state index contributed by atoms with van der Waals surface area (Å²) in [5, 5.41) is 11.0. The summed E-state index contributed by atoms with van der Waals surface area (Å²) in [7, 11) is 0. The Morgan fingerprint density at radius 2 is 1.54 bits per heavy atom. The van der Waals surface area contributed by atoms with Gasteiger partial charge in [-0.3, -0.25) is 33.7 Å². The Bertz CT molecular complexity index is 1250. The highest BCUT2D eigenvalue weighted by Gasteiger charge is 2.46. The fourth-order valence-corrected chi connectivity index (χ4v) is 6.17. The molecule has 0 aromatic heterocycles. The zero-order valence-electron chi connectivity index (χ0n) is 29.8. The third-order valence-corrected chi connectivity index (χ3v) is 9.57. The number of Topliss-reactive ketones (excluding diaryl/α,β-unsaturated/α-hetero) is 1. The Morgan fingerprint density at radius 1 is 0.917 bits per heavy atom. The van der Waals surface area contributed by atoms with Crippen molar-refractivity contribution in [2.45, 2.75) is 124 Å². The second-order valence-corrected chi connectivity index (χ2v) is 15.7. The van der Waals surface area contributed by atoms with E-state index in [1.807, 2.05) is 48.5 Å². The van der Waals surface area contributed by atoms with Crippen LogP contribution in [0.4, 0.5) is 4.79 Å². The summed E-state index contributed by atoms with van der Waals surface area (Å²) in [5.41, 5.74) is -1.29. The van der Waals surface area contributed by atoms with Crippen molar-refractivity contribution in [3.8, 4) is 0 Å². The first-order valence-corrected chi connectivity index (χ1v) is 17.3. The Balaban J connectivity index is 1.79. The molecule has 268 valence electrons. The maximum Gasteiger partial charge on any atom is 0.315 e. The van der Waals surface area contributed by atoms with Crippen molar-refractivity contribution < 1.29 is 33.6 Å². The SMILES string of the molecule is C=CCNC(=O)C(=O)C(CC1CC1)NC(=O)[C@@H]1C[C@@H](CC)CN1C(=O)[C@@H](NC(=O)N[C@H](CN1C(=O)CCCC1=O)C(C)(C)C)C(C)(C)C. The monoisotopic (exact) mass is 672 g/mol. The van der Waals surface area contributed by atoms with E-state index in [2.05, 4.69) is 27.8 Å². The van der Waals surface area contributed by atoms with E-state index in [1.165, 1.54) is 15.9 Å². The standard InChI is InChI=1S/C35H56N6O7/c1-9-16-36-31(46)28(44)23(17-22-14-15-22)37-30(45)24-18-21(10-2)19-40(24)32(47)29(35(6,7)8)39-33(48)38-25(34(3,4)5)20-41-26(42)12-11-13-27(41)43/h9,21-25,29H,1,10-20H2,2-8H3,(H,36,46)(H,37,45)(H2,38,39,48)/t21-,23?,24+,25-,29-/m1/s1. The molecule has 13 nitrogen and oxygen atoms in total. The number of hydrogen-bond donors (Lipinski definition) is 4. The third-order valence-electron chi connectivity index (χ3n) is 9.57. The number of ketones is 1. The first-order chi connectivity index (χ1) is 22.4. The van der Waals surface area contributed by atoms with E-state index in [0.717, 1.165) is 19.3 Å². The van der Waals surface area contributed by atoms with Gasteiger partial charge in [-0.2, -0.15) is 0 Å². The molecule has 0 spiro atoms. The van der Waals surface area contributed by atoms with Crippen LogP contribution in [0.3, 0.4) is 0 Å². The predicted octanol–water partition coefficient (Wildman–Crippen LogP) is 2.44. The Hall–Kier alpha value is -3.77. The molecule has 5 atom stereocenters. The molecule has 2 heterocycles. The van der Waals surface area contributed by atoms with E-state index in [1.54, 1.807) is 0 Å². The minimum absolute atomic E-state index is 0.0155. The molecule has 0 aromatic rings. The minimum Gasteiger partial charge on any atom is -0.346 e. The van der Waals surface area contributed by atoms with Crippen LogP contribution in [-0.4, -0.2) is 95.0 Å². The zero-order chi connectivity index (χ0) is 36.0. The molecule has 13 heteroatoms. The van der Waals surface area contributed by atoms with Crippen molar-refractivity contribution in [2.75, 3.05) is 19.6 Å². The molecular formula is C35H56N6O7. The summed E-state index contributed by atoms with van der Waals surface area (Å²) in [6.45, 7) is 17.1. The number of likely N-dealkylation sites (tertiary alicyclic amines) is 2. The maximum atomic E-state index is 14.3. The number of piperidine rings is 1. The van der Waals surface area contributed by atoms with Crippen LogP contribution in [0.1, 0.15) is 99.8 Å². The fraction of sp³-hybridized carbons (Fsp3) is 0.743. The molecule has 0 radical (unpaired) electrons. The van der Waals surface area contributed by atoms with Crippen LogP contribution in [0.2, 0.25) is 0 Å². The number of nitrogens with zero attached hydrogens (tertiary/aromatic N) is 2. The predicted molar refractivity (Wildman–Crippen MR) is 180 cm³/mol. The van der Waals surface area contributed by atoms with Gasteiger partial charge in [-0.25, -0.2) is 4.79 Å². The normalized spacial score (nSPS) is 22.0. The Labute approximate surface area is 284 Å². The quantitative estimate of drug-likeness (QED) is 0.125. The zero-order valence-corrected chi connectivity index (χ0v) is 29.8. The average Bonchev–Trinajstić information content (AvgIpc) is 3.71. The highest BCUT2D eigenvalue weighted by Crippen LogP contribution is 2.34. The van der Waals surface area contributed by atoms with E-state index in [9.17, 15) is 33.6 Å². The molecule has 2 saturated heterocycles. The van der Waals surface area contributed by atoms with Gasteiger partial charge in [0.15, 0.2) is 0 Å². The molecule has 4 N–H and O–H groups in total. The van der Waals surface area contributed by atoms with Crippen LogP contribution >= 0.6 is 0 Å². The van der Waals surface area contributed by atoms with E-state index in [-0.39, 0.29) is 49.6 Å². The van der Waals surface area contributed by atoms with Gasteiger partial charge < -0.3 is 26.2 Å². The number of nitrogens with one attached hydrogen (secondary N) is 4. The van der Waals surface area contributed by atoms with Crippen molar-refractivity contribution in [1.82, 2.24) is 31.1 Å². The fourth-order valence-electron chi connectivity index (χ4n) is 6.17. The van der Waals surface area contributed by atoms with E-state index in [4.69, 9.17) is 0 Å². The Kier molecular flexibility index (Phi) is 13.0. The molecule has 0 bridgehead atoms. The van der Waals surface area contributed by atoms with E-state index >= 15 is 0 Å². The first kappa shape index (κ1) is 38.7. The summed E-state index contributed by atoms with van der Waals surface area (Å²) in [6.07, 6.45) is 5.81. The van der Waals surface area contributed by atoms with Gasteiger partial charge >= 0.3 is 6.03 Å². The van der Waals surface area contributed by atoms with Gasteiger partial charge in [-0.15, -0.1) is 6.58 Å². The lowest BCUT2D eigenvalue weighted by molar-refractivity contribution is -0.148. The molecule has 3 fully saturated rings. The summed E-state index contributed by atoms with van der Waals surface area (Å²) in [6, 6.07) is -4.16. The minimum atomic E-state index is -1.03. The second-order valence-electron chi connectivity index (χ2n) is 15.7. The summed E-state index contributed by atoms with van der Waals surface area (Å²) in [5.74, 6) is -2.73. The lowest BCUT2D eigenvalue weighted by atomic mass is 9.85. The van der Waals surface area contributed by atoms with Gasteiger partial charge in [0, 0.05) is 32.5 Å². The number of carbonyl (C=O) groups is 7. The highest BCUT2D eigenvalue weighted by atomic mass is 16.2. The van der Waals surface area contributed by atoms with Gasteiger partial charge in [0.1, 0.15) is 12.1 Å². The van der Waals surface area contributed by atoms with Crippen molar-refractivity contribution in [3.63, 3.8) is 0 Å². The van der Waals surface area contributed by atoms with Crippen LogP contribution in [0.5, 0.6) is 0 Å². The third kappa shape index (κ3) is 10.4. The van der Waals surface area contributed by atoms with Crippen molar-refractivity contribution in [3.05, 3.63) is 12.7 Å². The molecule has 3 rings (SSSR count). The van der Waals surface area contributed by atoms with Gasteiger partial charge in [0.25, 0.3) is 5.91 Å². The van der Waals surface area contributed by atoms with E-state index in [0.29, 0.717) is 25.8 Å². The molecule has 1 saturated carbocycles. The summed E-state index contributed by atoms with van der Waals surface area (Å²) in [4.78, 5) is 94.9. The maximum absolute atomic E-state index is 14.3. The second kappa shape index (κ2) is 16.1. The van der Waals surface area contributed by atoms with E-state index < -0.39 is 64.5 Å². The number of hydrogen-bond acceptors (Lipinski definition) is 7. The van der Waals surface area contributed by atoms with Gasteiger partial charge in [0.2, 0.25) is 29.4 Å². The number of amides is 7. The lowest BCUT2D eigenvalue weighted by Crippen LogP contribution is -2.62. The molecular weight excluding hydrogens is 616 g/mol. The highest BCUT2D eigenvalue weighted by molar-refractivity contribution is 6.38. The van der Waals surface area contributed by atoms with Gasteiger partial charge in [-0.05, 0) is 41.9 Å². The number of imide groups is 1. The van der Waals surface area contributed by atoms with Crippen LogP contribution in [-0.2, 0) is 28.8 Å². The molecule has 7 amide bonds. The Morgan fingerprint density at radius 3 is 2.06 bits per heavy atom. The molecule has 1 aliphatic carbocycles. The number of urea groups is 1. The first-order valence-electron chi connectivity index (χ1n) is 17.3. The van der Waals surface area contributed by atoms with Crippen LogP contribution in [0.25, 0.3) is 0 Å². The van der Waals surface area contributed by atoms with Gasteiger partial charge in [-0.1, -0.05) is 73.8 Å². The number of carbonyl (C=O) groups excluding carboxylic acids is 7. The van der Waals surface area contributed by atoms with Crippen LogP contribution < -0.4 is 21.3 Å². The molecule has 48 heavy (non-hydrogen) atoms. The molecule has 1 unspecified atom stereocenters. The largest absolute Gasteiger partial charge is 0.346 e. The lowest BCUT2D eigenvalue weighted by Gasteiger charge is -2.38. The molecule has 0 aromatic carbocycles. The van der Waals surface area contributed by atoms with Crippen molar-refractivity contribution in [2.24, 2.45) is 22.7 Å². The summed E-state index contributed by atoms with van der Waals surface area (Å²) < 4.78 is 0. The smallest absolute Gasteiger partial charge is 0.315 e. The average molecular weight is 673 g/mol. The van der Waals surface area contributed by atoms with Crippen LogP contribution in [0, 0.1) is 22.7 Å². The summed E-state index contributed by atoms with van der Waals surface area (Å²) >= 11 is 0. The van der Waals surface area contributed by atoms with Crippen molar-refractivity contribution >= 4 is 41.4 Å². The molecule has 2 aliphatic heterocycles.